The third-order valence-corrected chi connectivity index (χ3v) is 6.18. The van der Waals surface area contributed by atoms with Crippen LogP contribution in [0.15, 0.2) is 38.8 Å². The summed E-state index contributed by atoms with van der Waals surface area (Å²) in [4.78, 5) is 17.8. The lowest BCUT2D eigenvalue weighted by atomic mass is 10.2. The third-order valence-electron chi connectivity index (χ3n) is 4.44. The van der Waals surface area contributed by atoms with E-state index in [2.05, 4.69) is 44.1 Å². The third kappa shape index (κ3) is 6.57. The van der Waals surface area contributed by atoms with Gasteiger partial charge in [0.05, 0.1) is 11.3 Å². The van der Waals surface area contributed by atoms with Crippen molar-refractivity contribution in [3.8, 4) is 0 Å². The molecule has 0 saturated carbocycles. The van der Waals surface area contributed by atoms with Gasteiger partial charge in [-0.3, -0.25) is 4.79 Å². The lowest BCUT2D eigenvalue weighted by Crippen LogP contribution is -2.25. The maximum Gasteiger partial charge on any atom is 0.252 e. The van der Waals surface area contributed by atoms with Gasteiger partial charge >= 0.3 is 0 Å². The lowest BCUT2D eigenvalue weighted by molar-refractivity contribution is 0.0950. The molecule has 2 heterocycles. The standard InChI is InChI=1S/C21H28N6O2S2/c1-14(2)12-27-19(24-25-21(27)30-4)10-7-11-22-20(28)16-8-5-6-9-17(16)31-13-18-23-15(3)29-26-18/h5-6,8-9,14H,7,10-13H2,1-4H3,(H,22,28). The normalized spacial score (nSPS) is 11.3. The summed E-state index contributed by atoms with van der Waals surface area (Å²) >= 11 is 3.13. The Hall–Kier alpha value is -2.33. The number of nitrogens with one attached hydrogen (secondary N) is 1. The minimum atomic E-state index is -0.0826. The summed E-state index contributed by atoms with van der Waals surface area (Å²) in [7, 11) is 0. The van der Waals surface area contributed by atoms with Crippen LogP contribution in [-0.2, 0) is 18.7 Å². The quantitative estimate of drug-likeness (QED) is 0.339. The van der Waals surface area contributed by atoms with Crippen molar-refractivity contribution in [2.45, 2.75) is 56.0 Å². The second-order valence-corrected chi connectivity index (χ2v) is 9.27. The molecule has 166 valence electrons. The number of amides is 1. The van der Waals surface area contributed by atoms with Gasteiger partial charge in [0.15, 0.2) is 11.0 Å². The number of aromatic nitrogens is 5. The van der Waals surface area contributed by atoms with Gasteiger partial charge in [-0.25, -0.2) is 0 Å². The summed E-state index contributed by atoms with van der Waals surface area (Å²) in [5.41, 5.74) is 0.653. The maximum absolute atomic E-state index is 12.7. The molecule has 1 aromatic carbocycles. The van der Waals surface area contributed by atoms with Crippen LogP contribution in [0.1, 0.15) is 48.2 Å². The number of thioether (sulfide) groups is 2. The Kier molecular flexibility index (Phi) is 8.53. The van der Waals surface area contributed by atoms with Crippen LogP contribution in [-0.4, -0.2) is 43.6 Å². The monoisotopic (exact) mass is 460 g/mol. The van der Waals surface area contributed by atoms with Crippen LogP contribution in [0.25, 0.3) is 0 Å². The van der Waals surface area contributed by atoms with Gasteiger partial charge < -0.3 is 14.4 Å². The Morgan fingerprint density at radius 3 is 2.77 bits per heavy atom. The highest BCUT2D eigenvalue weighted by atomic mass is 32.2. The Labute approximate surface area is 191 Å². The number of nitrogens with zero attached hydrogens (tertiary/aromatic N) is 5. The molecule has 0 aliphatic rings. The molecule has 3 aromatic rings. The van der Waals surface area contributed by atoms with Crippen LogP contribution in [0.5, 0.6) is 0 Å². The van der Waals surface area contributed by atoms with E-state index < -0.39 is 0 Å². The molecule has 0 aliphatic carbocycles. The van der Waals surface area contributed by atoms with E-state index in [4.69, 9.17) is 4.52 Å². The zero-order chi connectivity index (χ0) is 22.2. The summed E-state index contributed by atoms with van der Waals surface area (Å²) in [5.74, 6) is 3.11. The summed E-state index contributed by atoms with van der Waals surface area (Å²) < 4.78 is 7.19. The predicted molar refractivity (Wildman–Crippen MR) is 122 cm³/mol. The van der Waals surface area contributed by atoms with Gasteiger partial charge in [-0.15, -0.1) is 22.0 Å². The fourth-order valence-electron chi connectivity index (χ4n) is 3.07. The Morgan fingerprint density at radius 2 is 2.06 bits per heavy atom. The van der Waals surface area contributed by atoms with Crippen LogP contribution < -0.4 is 5.32 Å². The SMILES string of the molecule is CSc1nnc(CCCNC(=O)c2ccccc2SCc2noc(C)n2)n1CC(C)C. The number of carbonyl (C=O) groups is 1. The molecular formula is C21H28N6O2S2. The van der Waals surface area contributed by atoms with Crippen LogP contribution in [0.3, 0.4) is 0 Å². The average Bonchev–Trinajstić information content (AvgIpc) is 3.34. The largest absolute Gasteiger partial charge is 0.352 e. The smallest absolute Gasteiger partial charge is 0.252 e. The fraction of sp³-hybridized carbons (Fsp3) is 0.476. The summed E-state index contributed by atoms with van der Waals surface area (Å²) in [6.07, 6.45) is 3.59. The van der Waals surface area contributed by atoms with E-state index in [0.29, 0.717) is 35.5 Å². The first-order valence-electron chi connectivity index (χ1n) is 10.2. The number of rotatable bonds is 11. The minimum Gasteiger partial charge on any atom is -0.352 e. The maximum atomic E-state index is 12.7. The predicted octanol–water partition coefficient (Wildman–Crippen LogP) is 4.00. The second kappa shape index (κ2) is 11.3. The van der Waals surface area contributed by atoms with Gasteiger partial charge in [-0.05, 0) is 30.7 Å². The first-order valence-corrected chi connectivity index (χ1v) is 12.4. The van der Waals surface area contributed by atoms with Crippen molar-refractivity contribution in [1.82, 2.24) is 30.2 Å². The van der Waals surface area contributed by atoms with Crippen LogP contribution in [0.4, 0.5) is 0 Å². The molecular weight excluding hydrogens is 432 g/mol. The molecule has 0 saturated heterocycles. The molecule has 0 atom stereocenters. The van der Waals surface area contributed by atoms with Gasteiger partial charge in [-0.1, -0.05) is 42.9 Å². The highest BCUT2D eigenvalue weighted by Crippen LogP contribution is 2.25. The molecule has 0 fully saturated rings. The number of carbonyl (C=O) groups excluding carboxylic acids is 1. The molecule has 0 bridgehead atoms. The average molecular weight is 461 g/mol. The van der Waals surface area contributed by atoms with Crippen LogP contribution in [0, 0.1) is 12.8 Å². The van der Waals surface area contributed by atoms with E-state index in [1.807, 2.05) is 30.5 Å². The zero-order valence-electron chi connectivity index (χ0n) is 18.3. The molecule has 0 unspecified atom stereocenters. The molecule has 3 rings (SSSR count). The zero-order valence-corrected chi connectivity index (χ0v) is 19.9. The molecule has 1 N–H and O–H groups in total. The summed E-state index contributed by atoms with van der Waals surface area (Å²) in [5, 5.41) is 16.5. The number of hydrogen-bond donors (Lipinski definition) is 1. The summed E-state index contributed by atoms with van der Waals surface area (Å²) in [6.45, 7) is 7.60. The highest BCUT2D eigenvalue weighted by Gasteiger charge is 2.14. The van der Waals surface area contributed by atoms with Gasteiger partial charge in [0.25, 0.3) is 5.91 Å². The van der Waals surface area contributed by atoms with Gasteiger partial charge in [0.2, 0.25) is 5.89 Å². The van der Waals surface area contributed by atoms with Gasteiger partial charge in [-0.2, -0.15) is 4.98 Å². The molecule has 10 heteroatoms. The van der Waals surface area contributed by atoms with Crippen molar-refractivity contribution in [3.05, 3.63) is 47.4 Å². The Bertz CT molecular complexity index is 1000. The van der Waals surface area contributed by atoms with Crippen molar-refractivity contribution >= 4 is 29.4 Å². The van der Waals surface area contributed by atoms with E-state index >= 15 is 0 Å². The molecule has 0 aliphatic heterocycles. The van der Waals surface area contributed by atoms with E-state index in [-0.39, 0.29) is 5.91 Å². The number of hydrogen-bond acceptors (Lipinski definition) is 8. The van der Waals surface area contributed by atoms with E-state index in [1.165, 1.54) is 11.8 Å². The molecule has 2 aromatic heterocycles. The van der Waals surface area contributed by atoms with Gasteiger partial charge in [0, 0.05) is 31.3 Å². The lowest BCUT2D eigenvalue weighted by Gasteiger charge is -2.12. The first kappa shape index (κ1) is 23.3. The molecule has 0 radical (unpaired) electrons. The van der Waals surface area contributed by atoms with Gasteiger partial charge in [0.1, 0.15) is 5.82 Å². The molecule has 0 spiro atoms. The Morgan fingerprint density at radius 1 is 1.26 bits per heavy atom. The second-order valence-electron chi connectivity index (χ2n) is 7.48. The topological polar surface area (TPSA) is 98.7 Å². The Balaban J connectivity index is 1.53. The van der Waals surface area contributed by atoms with Crippen molar-refractivity contribution in [2.24, 2.45) is 5.92 Å². The van der Waals surface area contributed by atoms with Crippen LogP contribution in [0.2, 0.25) is 0 Å². The van der Waals surface area contributed by atoms with E-state index in [0.717, 1.165) is 35.3 Å². The minimum absolute atomic E-state index is 0.0826. The van der Waals surface area contributed by atoms with Crippen LogP contribution >= 0.6 is 23.5 Å². The van der Waals surface area contributed by atoms with Crippen molar-refractivity contribution < 1.29 is 9.32 Å². The van der Waals surface area contributed by atoms with E-state index in [1.54, 1.807) is 18.7 Å². The number of benzene rings is 1. The summed E-state index contributed by atoms with van der Waals surface area (Å²) in [6, 6.07) is 7.56. The number of aryl methyl sites for hydroxylation is 2. The van der Waals surface area contributed by atoms with Crippen molar-refractivity contribution in [1.29, 1.82) is 0 Å². The molecule has 1 amide bonds. The molecule has 31 heavy (non-hydrogen) atoms. The molecule has 8 nitrogen and oxygen atoms in total. The van der Waals surface area contributed by atoms with Crippen molar-refractivity contribution in [3.63, 3.8) is 0 Å². The van der Waals surface area contributed by atoms with E-state index in [9.17, 15) is 4.79 Å². The van der Waals surface area contributed by atoms with Crippen molar-refractivity contribution in [2.75, 3.05) is 12.8 Å². The highest BCUT2D eigenvalue weighted by molar-refractivity contribution is 7.98. The fourth-order valence-corrected chi connectivity index (χ4v) is 4.49. The first-order chi connectivity index (χ1) is 15.0.